The number of fused-ring (bicyclic) bond motifs is 1. The zero-order valence-electron chi connectivity index (χ0n) is 10.1. The number of carbonyl (C=O) groups excluding carboxylic acids is 1. The van der Waals surface area contributed by atoms with Crippen molar-refractivity contribution in [3.8, 4) is 0 Å². The van der Waals surface area contributed by atoms with Crippen LogP contribution in [-0.2, 0) is 9.53 Å². The fourth-order valence-corrected chi connectivity index (χ4v) is 3.01. The van der Waals surface area contributed by atoms with Gasteiger partial charge in [0.05, 0.1) is 0 Å². The number of hydrogen-bond donors (Lipinski definition) is 0. The number of rotatable bonds is 0. The van der Waals surface area contributed by atoms with E-state index >= 15 is 0 Å². The normalized spacial score (nSPS) is 37.0. The number of carbonyl (C=O) groups is 1. The molecule has 0 spiro atoms. The van der Waals surface area contributed by atoms with E-state index in [9.17, 15) is 4.79 Å². The van der Waals surface area contributed by atoms with Crippen molar-refractivity contribution in [2.24, 2.45) is 17.3 Å². The Morgan fingerprint density at radius 3 is 2.60 bits per heavy atom. The largest absolute Gasteiger partial charge is 0.462 e. The van der Waals surface area contributed by atoms with Gasteiger partial charge in [0, 0.05) is 6.42 Å². The van der Waals surface area contributed by atoms with Crippen molar-refractivity contribution in [3.63, 3.8) is 0 Å². The second-order valence-corrected chi connectivity index (χ2v) is 6.20. The summed E-state index contributed by atoms with van der Waals surface area (Å²) in [5, 5.41) is 0. The third kappa shape index (κ3) is 2.35. The maximum absolute atomic E-state index is 11.2. The maximum atomic E-state index is 11.2. The average molecular weight is 210 g/mol. The number of esters is 1. The SMILES string of the molecule is CC(C)(C)[C@@H]1CC[C@H]2OC(=O)CC[C@H]2C1. The molecule has 0 bridgehead atoms. The Morgan fingerprint density at radius 1 is 1.20 bits per heavy atom. The first-order valence-corrected chi connectivity index (χ1v) is 6.16. The number of ether oxygens (including phenoxy) is 1. The molecular weight excluding hydrogens is 188 g/mol. The fraction of sp³-hybridized carbons (Fsp3) is 0.923. The molecule has 0 unspecified atom stereocenters. The molecule has 1 heterocycles. The van der Waals surface area contributed by atoms with Crippen LogP contribution in [0.1, 0.15) is 52.9 Å². The molecule has 3 atom stereocenters. The van der Waals surface area contributed by atoms with Gasteiger partial charge >= 0.3 is 5.97 Å². The lowest BCUT2D eigenvalue weighted by atomic mass is 9.67. The minimum atomic E-state index is 0.0189. The lowest BCUT2D eigenvalue weighted by Crippen LogP contribution is -2.40. The highest BCUT2D eigenvalue weighted by molar-refractivity contribution is 5.70. The van der Waals surface area contributed by atoms with Gasteiger partial charge in [-0.1, -0.05) is 20.8 Å². The molecule has 1 aliphatic heterocycles. The second kappa shape index (κ2) is 3.80. The zero-order chi connectivity index (χ0) is 11.1. The van der Waals surface area contributed by atoms with Crippen molar-refractivity contribution in [3.05, 3.63) is 0 Å². The summed E-state index contributed by atoms with van der Waals surface area (Å²) in [6.45, 7) is 6.98. The van der Waals surface area contributed by atoms with E-state index in [0.717, 1.165) is 18.8 Å². The van der Waals surface area contributed by atoms with Gasteiger partial charge in [0.1, 0.15) is 6.10 Å². The monoisotopic (exact) mass is 210 g/mol. The first kappa shape index (κ1) is 11.0. The van der Waals surface area contributed by atoms with Crippen LogP contribution in [0.2, 0.25) is 0 Å². The van der Waals surface area contributed by atoms with Crippen LogP contribution in [0.15, 0.2) is 0 Å². The zero-order valence-corrected chi connectivity index (χ0v) is 10.1. The van der Waals surface area contributed by atoms with Gasteiger partial charge in [-0.2, -0.15) is 0 Å². The van der Waals surface area contributed by atoms with Crippen molar-refractivity contribution in [1.29, 1.82) is 0 Å². The maximum Gasteiger partial charge on any atom is 0.306 e. The minimum Gasteiger partial charge on any atom is -0.462 e. The molecule has 0 amide bonds. The van der Waals surface area contributed by atoms with Gasteiger partial charge in [0.2, 0.25) is 0 Å². The Kier molecular flexibility index (Phi) is 2.78. The van der Waals surface area contributed by atoms with Crippen molar-refractivity contribution < 1.29 is 9.53 Å². The van der Waals surface area contributed by atoms with Crippen molar-refractivity contribution >= 4 is 5.97 Å². The summed E-state index contributed by atoms with van der Waals surface area (Å²) in [5.41, 5.74) is 0.409. The lowest BCUT2D eigenvalue weighted by Gasteiger charge is -2.43. The predicted octanol–water partition coefficient (Wildman–Crippen LogP) is 3.15. The summed E-state index contributed by atoms with van der Waals surface area (Å²) in [7, 11) is 0. The quantitative estimate of drug-likeness (QED) is 0.574. The Hall–Kier alpha value is -0.530. The van der Waals surface area contributed by atoms with E-state index < -0.39 is 0 Å². The summed E-state index contributed by atoms with van der Waals surface area (Å²) in [6, 6.07) is 0. The lowest BCUT2D eigenvalue weighted by molar-refractivity contribution is -0.162. The minimum absolute atomic E-state index is 0.0189. The van der Waals surface area contributed by atoms with E-state index in [4.69, 9.17) is 4.74 Å². The highest BCUT2D eigenvalue weighted by atomic mass is 16.5. The summed E-state index contributed by atoms with van der Waals surface area (Å²) in [5.74, 6) is 1.46. The highest BCUT2D eigenvalue weighted by Gasteiger charge is 2.39. The van der Waals surface area contributed by atoms with Crippen LogP contribution in [-0.4, -0.2) is 12.1 Å². The van der Waals surface area contributed by atoms with Crippen LogP contribution < -0.4 is 0 Å². The van der Waals surface area contributed by atoms with Crippen LogP contribution in [0.5, 0.6) is 0 Å². The van der Waals surface area contributed by atoms with Gasteiger partial charge < -0.3 is 4.74 Å². The van der Waals surface area contributed by atoms with Crippen LogP contribution in [0, 0.1) is 17.3 Å². The first-order chi connectivity index (χ1) is 6.97. The van der Waals surface area contributed by atoms with Crippen molar-refractivity contribution in [1.82, 2.24) is 0 Å². The molecular formula is C13H22O2. The first-order valence-electron chi connectivity index (χ1n) is 6.16. The van der Waals surface area contributed by atoms with E-state index in [1.54, 1.807) is 0 Å². The molecule has 1 aliphatic carbocycles. The second-order valence-electron chi connectivity index (χ2n) is 6.20. The average Bonchev–Trinajstić information content (AvgIpc) is 2.15. The molecule has 0 radical (unpaired) electrons. The molecule has 2 fully saturated rings. The molecule has 1 saturated carbocycles. The Bertz CT molecular complexity index is 252. The molecule has 2 nitrogen and oxygen atoms in total. The van der Waals surface area contributed by atoms with Crippen LogP contribution in [0.25, 0.3) is 0 Å². The molecule has 2 aliphatic rings. The molecule has 0 aromatic carbocycles. The summed E-state index contributed by atoms with van der Waals surface area (Å²) in [4.78, 5) is 11.2. The molecule has 0 N–H and O–H groups in total. The topological polar surface area (TPSA) is 26.3 Å². The molecule has 0 aromatic heterocycles. The van der Waals surface area contributed by atoms with E-state index in [-0.39, 0.29) is 12.1 Å². The van der Waals surface area contributed by atoms with Crippen molar-refractivity contribution in [2.75, 3.05) is 0 Å². The van der Waals surface area contributed by atoms with E-state index in [0.29, 0.717) is 17.8 Å². The van der Waals surface area contributed by atoms with Gasteiger partial charge in [-0.3, -0.25) is 4.79 Å². The van der Waals surface area contributed by atoms with Gasteiger partial charge in [0.25, 0.3) is 0 Å². The molecule has 86 valence electrons. The third-order valence-electron chi connectivity index (χ3n) is 4.14. The Balaban J connectivity index is 1.98. The predicted molar refractivity (Wildman–Crippen MR) is 59.4 cm³/mol. The van der Waals surface area contributed by atoms with Crippen LogP contribution in [0.4, 0.5) is 0 Å². The van der Waals surface area contributed by atoms with Gasteiger partial charge in [-0.15, -0.1) is 0 Å². The van der Waals surface area contributed by atoms with Gasteiger partial charge in [0.15, 0.2) is 0 Å². The van der Waals surface area contributed by atoms with E-state index in [1.165, 1.54) is 12.8 Å². The summed E-state index contributed by atoms with van der Waals surface area (Å²) >= 11 is 0. The molecule has 2 heteroatoms. The van der Waals surface area contributed by atoms with Crippen LogP contribution in [0.3, 0.4) is 0 Å². The highest BCUT2D eigenvalue weighted by Crippen LogP contribution is 2.44. The van der Waals surface area contributed by atoms with Gasteiger partial charge in [-0.05, 0) is 42.9 Å². The van der Waals surface area contributed by atoms with Crippen molar-refractivity contribution in [2.45, 2.75) is 59.0 Å². The third-order valence-corrected chi connectivity index (χ3v) is 4.14. The van der Waals surface area contributed by atoms with Gasteiger partial charge in [-0.25, -0.2) is 0 Å². The smallest absolute Gasteiger partial charge is 0.306 e. The standard InChI is InChI=1S/C13H22O2/c1-13(2,3)10-5-6-11-9(8-10)4-7-12(14)15-11/h9-11H,4-8H2,1-3H3/t9-,10+,11+/m0/s1. The Morgan fingerprint density at radius 2 is 1.93 bits per heavy atom. The molecule has 2 rings (SSSR count). The summed E-state index contributed by atoms with van der Waals surface area (Å²) < 4.78 is 5.41. The fourth-order valence-electron chi connectivity index (χ4n) is 3.01. The van der Waals surface area contributed by atoms with Crippen LogP contribution >= 0.6 is 0 Å². The summed E-state index contributed by atoms with van der Waals surface area (Å²) in [6.07, 6.45) is 5.48. The van der Waals surface area contributed by atoms with E-state index in [1.807, 2.05) is 0 Å². The Labute approximate surface area is 92.4 Å². The molecule has 0 aromatic rings. The molecule has 15 heavy (non-hydrogen) atoms. The van der Waals surface area contributed by atoms with E-state index in [2.05, 4.69) is 20.8 Å². The number of hydrogen-bond acceptors (Lipinski definition) is 2. The molecule has 1 saturated heterocycles.